The number of carbonyl (C=O) groups excluding carboxylic acids is 2. The number of hydrogen-bond donors (Lipinski definition) is 1. The number of hydrogen-bond acceptors (Lipinski definition) is 3. The highest BCUT2D eigenvalue weighted by molar-refractivity contribution is 5.81. The van der Waals surface area contributed by atoms with Crippen LogP contribution in [-0.2, 0) is 14.4 Å². The van der Waals surface area contributed by atoms with Gasteiger partial charge in [0.25, 0.3) is 0 Å². The first-order valence-electron chi connectivity index (χ1n) is 9.78. The summed E-state index contributed by atoms with van der Waals surface area (Å²) in [5.41, 5.74) is 0.952. The van der Waals surface area contributed by atoms with E-state index in [1.54, 1.807) is 4.90 Å². The van der Waals surface area contributed by atoms with E-state index in [-0.39, 0.29) is 18.1 Å². The topological polar surface area (TPSA) is 74.7 Å². The maximum Gasteiger partial charge on any atom is 0.303 e. The summed E-state index contributed by atoms with van der Waals surface area (Å²) < 4.78 is 0. The third-order valence-electron chi connectivity index (χ3n) is 4.49. The van der Waals surface area contributed by atoms with Gasteiger partial charge < -0.3 is 10.0 Å². The molecule has 1 aliphatic heterocycles. The fourth-order valence-corrected chi connectivity index (χ4v) is 2.99. The van der Waals surface area contributed by atoms with Gasteiger partial charge in [0.15, 0.2) is 0 Å². The zero-order valence-corrected chi connectivity index (χ0v) is 16.2. The van der Waals surface area contributed by atoms with Crippen LogP contribution in [-0.4, -0.2) is 34.2 Å². The number of piperidine rings is 1. The van der Waals surface area contributed by atoms with E-state index in [2.05, 4.69) is 13.8 Å². The fraction of sp³-hybridized carbons (Fsp3) is 0.667. The summed E-state index contributed by atoms with van der Waals surface area (Å²) in [6.07, 6.45) is 12.5. The van der Waals surface area contributed by atoms with Crippen LogP contribution in [0.3, 0.4) is 0 Å². The zero-order chi connectivity index (χ0) is 19.4. The van der Waals surface area contributed by atoms with Gasteiger partial charge in [-0.1, -0.05) is 38.5 Å². The molecule has 0 spiro atoms. The summed E-state index contributed by atoms with van der Waals surface area (Å²) in [5, 5.41) is 8.62. The highest BCUT2D eigenvalue weighted by atomic mass is 16.4. The average Bonchev–Trinajstić information content (AvgIpc) is 2.57. The average molecular weight is 363 g/mol. The maximum atomic E-state index is 12.2. The predicted molar refractivity (Wildman–Crippen MR) is 103 cm³/mol. The minimum atomic E-state index is -0.784. The smallest absolute Gasteiger partial charge is 0.303 e. The number of Topliss-reactive ketones (excluding diaryl/α,β-unsaturated/α-hetero) is 1. The van der Waals surface area contributed by atoms with E-state index in [0.717, 1.165) is 31.4 Å². The summed E-state index contributed by atoms with van der Waals surface area (Å²) in [7, 11) is 0. The van der Waals surface area contributed by atoms with Gasteiger partial charge in [0.2, 0.25) is 5.91 Å². The van der Waals surface area contributed by atoms with Crippen molar-refractivity contribution in [1.29, 1.82) is 0 Å². The summed E-state index contributed by atoms with van der Waals surface area (Å²) in [4.78, 5) is 36.5. The van der Waals surface area contributed by atoms with Crippen molar-refractivity contribution < 1.29 is 19.5 Å². The number of carbonyl (C=O) groups is 3. The summed E-state index contributed by atoms with van der Waals surface area (Å²) in [6, 6.07) is 0. The van der Waals surface area contributed by atoms with Crippen LogP contribution >= 0.6 is 0 Å². The Bertz CT molecular complexity index is 534. The van der Waals surface area contributed by atoms with Crippen LogP contribution in [0.15, 0.2) is 23.9 Å². The SMILES string of the molecule is CC(C)CCCC(=O)CC=C1CCCC(=O)N1C/C=C\CCCC(=O)O. The molecule has 1 saturated heterocycles. The number of aliphatic carboxylic acids is 1. The number of nitrogens with zero attached hydrogens (tertiary/aromatic N) is 1. The van der Waals surface area contributed by atoms with Crippen molar-refractivity contribution in [2.45, 2.75) is 78.1 Å². The number of ketones is 1. The molecular formula is C21H33NO4. The molecule has 0 bridgehead atoms. The number of carboxylic acid groups (broad SMARTS) is 1. The van der Waals surface area contributed by atoms with Crippen LogP contribution in [0, 0.1) is 5.92 Å². The number of likely N-dealkylation sites (tertiary alicyclic amines) is 1. The lowest BCUT2D eigenvalue weighted by Crippen LogP contribution is -2.33. The molecule has 1 N–H and O–H groups in total. The standard InChI is InChI=1S/C21H33NO4/c1-17(2)9-7-11-19(23)15-14-18-10-8-12-20(24)22(18)16-6-4-3-5-13-21(25)26/h4,6,14,17H,3,5,7-13,15-16H2,1-2H3,(H,25,26)/b6-4-,18-14?. The van der Waals surface area contributed by atoms with Gasteiger partial charge in [-0.15, -0.1) is 0 Å². The van der Waals surface area contributed by atoms with Gasteiger partial charge in [0.1, 0.15) is 5.78 Å². The molecule has 0 aromatic rings. The van der Waals surface area contributed by atoms with Crippen molar-refractivity contribution in [3.63, 3.8) is 0 Å². The summed E-state index contributed by atoms with van der Waals surface area (Å²) >= 11 is 0. The van der Waals surface area contributed by atoms with Crippen molar-refractivity contribution in [1.82, 2.24) is 4.90 Å². The first kappa shape index (κ1) is 22.1. The molecule has 26 heavy (non-hydrogen) atoms. The van der Waals surface area contributed by atoms with Crippen molar-refractivity contribution in [3.05, 3.63) is 23.9 Å². The highest BCUT2D eigenvalue weighted by Gasteiger charge is 2.21. The quantitative estimate of drug-likeness (QED) is 0.410. The van der Waals surface area contributed by atoms with E-state index in [0.29, 0.717) is 44.6 Å². The Hall–Kier alpha value is -1.91. The number of unbranched alkanes of at least 4 members (excludes halogenated alkanes) is 1. The van der Waals surface area contributed by atoms with E-state index < -0.39 is 5.97 Å². The second-order valence-corrected chi connectivity index (χ2v) is 7.34. The summed E-state index contributed by atoms with van der Waals surface area (Å²) in [5.74, 6) is 0.174. The second kappa shape index (κ2) is 12.4. The molecule has 0 unspecified atom stereocenters. The molecule has 0 radical (unpaired) electrons. The van der Waals surface area contributed by atoms with Crippen LogP contribution in [0.5, 0.6) is 0 Å². The Labute approximate surface area is 157 Å². The number of allylic oxidation sites excluding steroid dienone is 3. The number of amides is 1. The minimum absolute atomic E-state index is 0.102. The molecule has 1 aliphatic rings. The first-order chi connectivity index (χ1) is 12.4. The van der Waals surface area contributed by atoms with Crippen LogP contribution in [0.1, 0.15) is 78.1 Å². The van der Waals surface area contributed by atoms with E-state index in [1.165, 1.54) is 0 Å². The molecule has 0 saturated carbocycles. The molecule has 5 heteroatoms. The molecule has 1 fully saturated rings. The van der Waals surface area contributed by atoms with Gasteiger partial charge in [-0.2, -0.15) is 0 Å². The van der Waals surface area contributed by atoms with Crippen molar-refractivity contribution in [2.24, 2.45) is 5.92 Å². The normalized spacial score (nSPS) is 16.8. The maximum absolute atomic E-state index is 12.2. The highest BCUT2D eigenvalue weighted by Crippen LogP contribution is 2.22. The third kappa shape index (κ3) is 9.54. The number of carboxylic acids is 1. The van der Waals surface area contributed by atoms with E-state index in [4.69, 9.17) is 5.11 Å². The molecule has 1 amide bonds. The first-order valence-corrected chi connectivity index (χ1v) is 9.78. The molecular weight excluding hydrogens is 330 g/mol. The fourth-order valence-electron chi connectivity index (χ4n) is 2.99. The lowest BCUT2D eigenvalue weighted by Gasteiger charge is -2.29. The molecule has 1 heterocycles. The van der Waals surface area contributed by atoms with E-state index in [9.17, 15) is 14.4 Å². The Morgan fingerprint density at radius 2 is 1.92 bits per heavy atom. The Morgan fingerprint density at radius 3 is 2.62 bits per heavy atom. The molecule has 0 atom stereocenters. The lowest BCUT2D eigenvalue weighted by molar-refractivity contribution is -0.137. The second-order valence-electron chi connectivity index (χ2n) is 7.34. The van der Waals surface area contributed by atoms with Crippen LogP contribution in [0.25, 0.3) is 0 Å². The van der Waals surface area contributed by atoms with Gasteiger partial charge in [-0.3, -0.25) is 14.4 Å². The minimum Gasteiger partial charge on any atom is -0.481 e. The zero-order valence-electron chi connectivity index (χ0n) is 16.2. The van der Waals surface area contributed by atoms with Gasteiger partial charge in [0, 0.05) is 37.9 Å². The largest absolute Gasteiger partial charge is 0.481 e. The molecule has 0 aliphatic carbocycles. The van der Waals surface area contributed by atoms with Crippen LogP contribution in [0.2, 0.25) is 0 Å². The third-order valence-corrected chi connectivity index (χ3v) is 4.49. The predicted octanol–water partition coefficient (Wildman–Crippen LogP) is 4.48. The Kier molecular flexibility index (Phi) is 10.6. The molecule has 0 aromatic heterocycles. The van der Waals surface area contributed by atoms with Gasteiger partial charge in [0.05, 0.1) is 0 Å². The Balaban J connectivity index is 2.47. The van der Waals surface area contributed by atoms with E-state index in [1.807, 2.05) is 18.2 Å². The summed E-state index contributed by atoms with van der Waals surface area (Å²) in [6.45, 7) is 4.82. The van der Waals surface area contributed by atoms with Crippen LogP contribution < -0.4 is 0 Å². The lowest BCUT2D eigenvalue weighted by atomic mass is 10.0. The van der Waals surface area contributed by atoms with Crippen molar-refractivity contribution in [3.8, 4) is 0 Å². The van der Waals surface area contributed by atoms with Crippen molar-refractivity contribution >= 4 is 17.7 Å². The molecule has 0 aromatic carbocycles. The monoisotopic (exact) mass is 363 g/mol. The Morgan fingerprint density at radius 1 is 1.15 bits per heavy atom. The molecule has 146 valence electrons. The number of rotatable bonds is 12. The van der Waals surface area contributed by atoms with Gasteiger partial charge in [-0.05, 0) is 38.0 Å². The van der Waals surface area contributed by atoms with Gasteiger partial charge >= 0.3 is 5.97 Å². The van der Waals surface area contributed by atoms with Crippen LogP contribution in [0.4, 0.5) is 0 Å². The van der Waals surface area contributed by atoms with E-state index >= 15 is 0 Å². The van der Waals surface area contributed by atoms with Crippen molar-refractivity contribution in [2.75, 3.05) is 6.54 Å². The van der Waals surface area contributed by atoms with Gasteiger partial charge in [-0.25, -0.2) is 0 Å². The molecule has 1 rings (SSSR count). The molecule has 5 nitrogen and oxygen atoms in total.